The maximum atomic E-state index is 4.94. The molecule has 0 aromatic carbocycles. The highest BCUT2D eigenvalue weighted by Gasteiger charge is 1.95. The van der Waals surface area contributed by atoms with Crippen LogP contribution >= 0.6 is 0 Å². The number of nitrogens with zero attached hydrogens (tertiary/aromatic N) is 3. The van der Waals surface area contributed by atoms with Crippen molar-refractivity contribution in [2.24, 2.45) is 0 Å². The van der Waals surface area contributed by atoms with Gasteiger partial charge in [-0.3, -0.25) is 0 Å². The zero-order valence-electron chi connectivity index (χ0n) is 6.06. The molecule has 0 aliphatic heterocycles. The fraction of sp³-hybridized carbons (Fsp3) is 0.143. The second kappa shape index (κ2) is 2.23. The van der Waals surface area contributed by atoms with Gasteiger partial charge in [0.15, 0.2) is 5.65 Å². The summed E-state index contributed by atoms with van der Waals surface area (Å²) >= 11 is 0. The highest BCUT2D eigenvalue weighted by Crippen LogP contribution is 2.06. The van der Waals surface area contributed by atoms with Gasteiger partial charge in [-0.05, 0) is 0 Å². The molecule has 0 spiro atoms. The molecule has 11 heavy (non-hydrogen) atoms. The number of aromatic nitrogens is 3. The lowest BCUT2D eigenvalue weighted by Gasteiger charge is -1.96. The topological polar surface area (TPSA) is 39.4 Å². The minimum Gasteiger partial charge on any atom is -0.481 e. The SMILES string of the molecule is COc1ccn2nccc2n1. The van der Waals surface area contributed by atoms with E-state index in [0.717, 1.165) is 5.65 Å². The predicted molar refractivity (Wildman–Crippen MR) is 39.5 cm³/mol. The summed E-state index contributed by atoms with van der Waals surface area (Å²) in [6.07, 6.45) is 3.50. The van der Waals surface area contributed by atoms with Crippen molar-refractivity contribution in [1.82, 2.24) is 14.6 Å². The molecule has 4 nitrogen and oxygen atoms in total. The molecule has 2 aromatic rings. The van der Waals surface area contributed by atoms with Crippen molar-refractivity contribution in [1.29, 1.82) is 0 Å². The van der Waals surface area contributed by atoms with Crippen molar-refractivity contribution in [2.45, 2.75) is 0 Å². The minimum atomic E-state index is 0.609. The Morgan fingerprint density at radius 2 is 2.36 bits per heavy atom. The van der Waals surface area contributed by atoms with E-state index < -0.39 is 0 Å². The number of rotatable bonds is 1. The van der Waals surface area contributed by atoms with Gasteiger partial charge in [0.25, 0.3) is 0 Å². The predicted octanol–water partition coefficient (Wildman–Crippen LogP) is 0.738. The number of ether oxygens (including phenoxy) is 1. The molecular formula is C7H7N3O. The highest BCUT2D eigenvalue weighted by molar-refractivity contribution is 5.37. The maximum Gasteiger partial charge on any atom is 0.216 e. The van der Waals surface area contributed by atoms with Gasteiger partial charge in [-0.15, -0.1) is 0 Å². The quantitative estimate of drug-likeness (QED) is 0.600. The van der Waals surface area contributed by atoms with Gasteiger partial charge in [0.1, 0.15) is 0 Å². The highest BCUT2D eigenvalue weighted by atomic mass is 16.5. The molecule has 56 valence electrons. The average molecular weight is 149 g/mol. The maximum absolute atomic E-state index is 4.94. The minimum absolute atomic E-state index is 0.609. The summed E-state index contributed by atoms with van der Waals surface area (Å²) in [6.45, 7) is 0. The molecule has 2 aromatic heterocycles. The van der Waals surface area contributed by atoms with Crippen LogP contribution in [0.1, 0.15) is 0 Å². The second-order valence-corrected chi connectivity index (χ2v) is 2.10. The van der Waals surface area contributed by atoms with Gasteiger partial charge in [0, 0.05) is 18.3 Å². The molecule has 0 aliphatic carbocycles. The lowest BCUT2D eigenvalue weighted by atomic mass is 10.6. The molecule has 0 aliphatic rings. The molecular weight excluding hydrogens is 142 g/mol. The standard InChI is InChI=1S/C7H7N3O/c1-11-7-3-5-10-6(9-7)2-4-8-10/h2-5H,1H3. The molecule has 0 radical (unpaired) electrons. The normalized spacial score (nSPS) is 10.3. The van der Waals surface area contributed by atoms with Crippen molar-refractivity contribution in [2.75, 3.05) is 7.11 Å². The van der Waals surface area contributed by atoms with Gasteiger partial charge >= 0.3 is 0 Å². The number of fused-ring (bicyclic) bond motifs is 1. The van der Waals surface area contributed by atoms with Gasteiger partial charge < -0.3 is 4.74 Å². The van der Waals surface area contributed by atoms with Crippen LogP contribution in [0.25, 0.3) is 5.65 Å². The number of methoxy groups -OCH3 is 1. The van der Waals surface area contributed by atoms with Crippen LogP contribution in [0.4, 0.5) is 0 Å². The van der Waals surface area contributed by atoms with E-state index in [-0.39, 0.29) is 0 Å². The number of hydrogen-bond donors (Lipinski definition) is 0. The molecule has 2 rings (SSSR count). The van der Waals surface area contributed by atoms with Crippen LogP contribution in [0, 0.1) is 0 Å². The first-order valence-corrected chi connectivity index (χ1v) is 3.24. The molecule has 0 unspecified atom stereocenters. The lowest BCUT2D eigenvalue weighted by Crippen LogP contribution is -1.92. The van der Waals surface area contributed by atoms with Crippen molar-refractivity contribution in [3.63, 3.8) is 0 Å². The summed E-state index contributed by atoms with van der Waals surface area (Å²) in [5.41, 5.74) is 0.796. The van der Waals surface area contributed by atoms with Gasteiger partial charge in [-0.2, -0.15) is 10.1 Å². The van der Waals surface area contributed by atoms with E-state index >= 15 is 0 Å². The van der Waals surface area contributed by atoms with Crippen molar-refractivity contribution >= 4 is 5.65 Å². The molecule has 4 heteroatoms. The Hall–Kier alpha value is -1.58. The van der Waals surface area contributed by atoms with Crippen LogP contribution in [0.15, 0.2) is 24.5 Å². The first-order valence-electron chi connectivity index (χ1n) is 3.24. The number of hydrogen-bond acceptors (Lipinski definition) is 3. The summed E-state index contributed by atoms with van der Waals surface area (Å²) in [6, 6.07) is 3.59. The Morgan fingerprint density at radius 3 is 3.18 bits per heavy atom. The Kier molecular flexibility index (Phi) is 1.25. The summed E-state index contributed by atoms with van der Waals surface area (Å²) in [4.78, 5) is 4.13. The fourth-order valence-electron chi connectivity index (χ4n) is 0.909. The molecule has 0 fully saturated rings. The van der Waals surface area contributed by atoms with Gasteiger partial charge in [0.05, 0.1) is 13.3 Å². The zero-order chi connectivity index (χ0) is 7.68. The smallest absolute Gasteiger partial charge is 0.216 e. The summed E-state index contributed by atoms with van der Waals surface area (Å²) < 4.78 is 6.62. The first-order chi connectivity index (χ1) is 5.40. The third-order valence-corrected chi connectivity index (χ3v) is 1.44. The first kappa shape index (κ1) is 6.15. The fourth-order valence-corrected chi connectivity index (χ4v) is 0.909. The average Bonchev–Trinajstić information content (AvgIpc) is 2.50. The van der Waals surface area contributed by atoms with Crippen molar-refractivity contribution in [3.8, 4) is 5.88 Å². The van der Waals surface area contributed by atoms with E-state index in [0.29, 0.717) is 5.88 Å². The molecule has 0 bridgehead atoms. The van der Waals surface area contributed by atoms with Crippen LogP contribution in [0.3, 0.4) is 0 Å². The van der Waals surface area contributed by atoms with Crippen LogP contribution in [0.5, 0.6) is 5.88 Å². The third kappa shape index (κ3) is 0.920. The van der Waals surface area contributed by atoms with Crippen molar-refractivity contribution < 1.29 is 4.74 Å². The van der Waals surface area contributed by atoms with Crippen LogP contribution < -0.4 is 4.74 Å². The molecule has 0 saturated carbocycles. The molecule has 0 saturated heterocycles. The molecule has 0 atom stereocenters. The van der Waals surface area contributed by atoms with Gasteiger partial charge in [0.2, 0.25) is 5.88 Å². The van der Waals surface area contributed by atoms with E-state index in [1.165, 1.54) is 0 Å². The largest absolute Gasteiger partial charge is 0.481 e. The van der Waals surface area contributed by atoms with E-state index in [1.807, 2.05) is 6.07 Å². The lowest BCUT2D eigenvalue weighted by molar-refractivity contribution is 0.398. The second-order valence-electron chi connectivity index (χ2n) is 2.10. The summed E-state index contributed by atoms with van der Waals surface area (Å²) in [5.74, 6) is 0.609. The van der Waals surface area contributed by atoms with E-state index in [9.17, 15) is 0 Å². The van der Waals surface area contributed by atoms with Crippen LogP contribution in [0.2, 0.25) is 0 Å². The summed E-state index contributed by atoms with van der Waals surface area (Å²) in [5, 5.41) is 3.99. The third-order valence-electron chi connectivity index (χ3n) is 1.44. The van der Waals surface area contributed by atoms with Gasteiger partial charge in [-0.1, -0.05) is 0 Å². The van der Waals surface area contributed by atoms with E-state index in [1.54, 1.807) is 30.1 Å². The van der Waals surface area contributed by atoms with Crippen molar-refractivity contribution in [3.05, 3.63) is 24.5 Å². The Balaban J connectivity index is 2.67. The van der Waals surface area contributed by atoms with E-state index in [4.69, 9.17) is 4.74 Å². The van der Waals surface area contributed by atoms with Gasteiger partial charge in [-0.25, -0.2) is 4.52 Å². The Labute approximate surface area is 63.4 Å². The Morgan fingerprint density at radius 1 is 1.45 bits per heavy atom. The Bertz CT molecular complexity index is 368. The van der Waals surface area contributed by atoms with Crippen LogP contribution in [-0.2, 0) is 0 Å². The molecule has 0 N–H and O–H groups in total. The zero-order valence-corrected chi connectivity index (χ0v) is 6.06. The molecule has 0 amide bonds. The van der Waals surface area contributed by atoms with Crippen LogP contribution in [-0.4, -0.2) is 21.7 Å². The van der Waals surface area contributed by atoms with E-state index in [2.05, 4.69) is 10.1 Å². The monoisotopic (exact) mass is 149 g/mol. The molecule has 2 heterocycles. The summed E-state index contributed by atoms with van der Waals surface area (Å²) in [7, 11) is 1.59.